The SMILES string of the molecule is CCC(=O)O[C@@H]1CC[C@@]2(C)C(=CC[C@H]3[C@@H]4CC[C@H](OC(=O)CC)[C@@]4(C)CC[C@@H]32)C1. The summed E-state index contributed by atoms with van der Waals surface area (Å²) >= 11 is 0. The molecule has 0 heterocycles. The largest absolute Gasteiger partial charge is 0.462 e. The summed E-state index contributed by atoms with van der Waals surface area (Å²) in [7, 11) is 0. The van der Waals surface area contributed by atoms with Gasteiger partial charge in [-0.1, -0.05) is 39.3 Å². The maximum atomic E-state index is 12.0. The van der Waals surface area contributed by atoms with Gasteiger partial charge >= 0.3 is 11.9 Å². The topological polar surface area (TPSA) is 52.6 Å². The Bertz CT molecular complexity index is 697. The third-order valence-corrected chi connectivity index (χ3v) is 9.12. The average molecular weight is 403 g/mol. The van der Waals surface area contributed by atoms with Crippen molar-refractivity contribution in [3.05, 3.63) is 11.6 Å². The lowest BCUT2D eigenvalue weighted by Crippen LogP contribution is -2.51. The highest BCUT2D eigenvalue weighted by molar-refractivity contribution is 5.69. The van der Waals surface area contributed by atoms with Gasteiger partial charge in [-0.25, -0.2) is 0 Å². The second-order valence-electron chi connectivity index (χ2n) is 10.4. The lowest BCUT2D eigenvalue weighted by molar-refractivity contribution is -0.159. The predicted molar refractivity (Wildman–Crippen MR) is 112 cm³/mol. The minimum Gasteiger partial charge on any atom is -0.462 e. The van der Waals surface area contributed by atoms with Crippen molar-refractivity contribution in [2.24, 2.45) is 28.6 Å². The second-order valence-corrected chi connectivity index (χ2v) is 10.4. The van der Waals surface area contributed by atoms with Crippen LogP contribution in [0.5, 0.6) is 0 Å². The fraction of sp³-hybridized carbons (Fsp3) is 0.840. The zero-order valence-corrected chi connectivity index (χ0v) is 18.7. The Hall–Kier alpha value is -1.32. The van der Waals surface area contributed by atoms with Crippen LogP contribution in [0.3, 0.4) is 0 Å². The molecule has 0 N–H and O–H groups in total. The van der Waals surface area contributed by atoms with E-state index in [-0.39, 0.29) is 35.0 Å². The standard InChI is InChI=1S/C25H38O4/c1-5-22(26)28-17-11-13-24(3)16(15-17)7-8-18-19-9-10-21(29-23(27)6-2)25(19,4)14-12-20(18)24/h7,17-21H,5-6,8-15H2,1-4H3/t17-,18+,19+,20+,21+,24+,25+/m1/s1. The number of fused-ring (bicyclic) bond motifs is 5. The fourth-order valence-electron chi connectivity index (χ4n) is 7.38. The van der Waals surface area contributed by atoms with Crippen LogP contribution in [0.4, 0.5) is 0 Å². The fourth-order valence-corrected chi connectivity index (χ4v) is 7.38. The van der Waals surface area contributed by atoms with Crippen LogP contribution in [0.15, 0.2) is 11.6 Å². The molecule has 0 aromatic carbocycles. The first-order chi connectivity index (χ1) is 13.8. The molecule has 0 unspecified atom stereocenters. The molecule has 29 heavy (non-hydrogen) atoms. The van der Waals surface area contributed by atoms with E-state index in [4.69, 9.17) is 9.47 Å². The molecule has 0 radical (unpaired) electrons. The van der Waals surface area contributed by atoms with Gasteiger partial charge in [0, 0.05) is 24.7 Å². The molecule has 3 saturated carbocycles. The molecule has 4 aliphatic rings. The Balaban J connectivity index is 1.51. The molecule has 0 aromatic heterocycles. The van der Waals surface area contributed by atoms with Gasteiger partial charge < -0.3 is 9.47 Å². The highest BCUT2D eigenvalue weighted by Gasteiger charge is 2.59. The summed E-state index contributed by atoms with van der Waals surface area (Å²) in [5.41, 5.74) is 1.92. The maximum Gasteiger partial charge on any atom is 0.305 e. The van der Waals surface area contributed by atoms with Gasteiger partial charge in [-0.05, 0) is 68.1 Å². The molecule has 0 amide bonds. The molecule has 0 aliphatic heterocycles. The number of carbonyl (C=O) groups is 2. The van der Waals surface area contributed by atoms with Crippen LogP contribution in [0.1, 0.15) is 91.9 Å². The van der Waals surface area contributed by atoms with E-state index < -0.39 is 0 Å². The zero-order chi connectivity index (χ0) is 20.8. The van der Waals surface area contributed by atoms with Crippen molar-refractivity contribution < 1.29 is 19.1 Å². The van der Waals surface area contributed by atoms with Crippen LogP contribution in [0, 0.1) is 28.6 Å². The number of ether oxygens (including phenoxy) is 2. The summed E-state index contributed by atoms with van der Waals surface area (Å²) in [6.07, 6.45) is 12.4. The van der Waals surface area contributed by atoms with Gasteiger partial charge in [-0.15, -0.1) is 0 Å². The minimum absolute atomic E-state index is 0.0447. The number of hydrogen-bond acceptors (Lipinski definition) is 4. The van der Waals surface area contributed by atoms with E-state index in [9.17, 15) is 9.59 Å². The van der Waals surface area contributed by atoms with E-state index in [1.54, 1.807) is 0 Å². The molecule has 3 fully saturated rings. The Labute approximate surface area is 175 Å². The molecule has 4 heteroatoms. The van der Waals surface area contributed by atoms with Crippen molar-refractivity contribution >= 4 is 11.9 Å². The van der Waals surface area contributed by atoms with Crippen LogP contribution < -0.4 is 0 Å². The monoisotopic (exact) mass is 402 g/mol. The number of carbonyl (C=O) groups excluding carboxylic acids is 2. The predicted octanol–water partition coefficient (Wildman–Crippen LogP) is 5.59. The van der Waals surface area contributed by atoms with E-state index in [0.29, 0.717) is 30.6 Å². The summed E-state index contributed by atoms with van der Waals surface area (Å²) in [6.45, 7) is 8.61. The van der Waals surface area contributed by atoms with Crippen molar-refractivity contribution in [3.63, 3.8) is 0 Å². The van der Waals surface area contributed by atoms with Crippen molar-refractivity contribution in [3.8, 4) is 0 Å². The summed E-state index contributed by atoms with van der Waals surface area (Å²) in [4.78, 5) is 23.7. The summed E-state index contributed by atoms with van der Waals surface area (Å²) in [5, 5.41) is 0. The van der Waals surface area contributed by atoms with Crippen molar-refractivity contribution in [1.82, 2.24) is 0 Å². The van der Waals surface area contributed by atoms with Crippen LogP contribution >= 0.6 is 0 Å². The van der Waals surface area contributed by atoms with E-state index in [1.807, 2.05) is 13.8 Å². The first-order valence-electron chi connectivity index (χ1n) is 11.9. The van der Waals surface area contributed by atoms with Gasteiger partial charge in [0.05, 0.1) is 0 Å². The van der Waals surface area contributed by atoms with E-state index in [1.165, 1.54) is 18.4 Å². The summed E-state index contributed by atoms with van der Waals surface area (Å²) in [5.74, 6) is 1.95. The van der Waals surface area contributed by atoms with Crippen LogP contribution in [0.25, 0.3) is 0 Å². The molecule has 4 aliphatic carbocycles. The number of esters is 2. The highest BCUT2D eigenvalue weighted by atomic mass is 16.5. The van der Waals surface area contributed by atoms with Gasteiger partial charge in [0.1, 0.15) is 12.2 Å². The van der Waals surface area contributed by atoms with Gasteiger partial charge in [0.15, 0.2) is 0 Å². The molecule has 7 atom stereocenters. The molecular weight excluding hydrogens is 364 g/mol. The van der Waals surface area contributed by atoms with Gasteiger partial charge in [-0.2, -0.15) is 0 Å². The van der Waals surface area contributed by atoms with Crippen LogP contribution in [0.2, 0.25) is 0 Å². The highest BCUT2D eigenvalue weighted by Crippen LogP contribution is 2.65. The Morgan fingerprint density at radius 1 is 0.966 bits per heavy atom. The second kappa shape index (κ2) is 7.74. The van der Waals surface area contributed by atoms with Gasteiger partial charge in [0.2, 0.25) is 0 Å². The number of allylic oxidation sites excluding steroid dienone is 1. The van der Waals surface area contributed by atoms with Crippen LogP contribution in [-0.4, -0.2) is 24.1 Å². The third-order valence-electron chi connectivity index (χ3n) is 9.12. The first kappa shape index (κ1) is 20.9. The van der Waals surface area contributed by atoms with E-state index in [0.717, 1.165) is 38.5 Å². The average Bonchev–Trinajstić information content (AvgIpc) is 3.04. The van der Waals surface area contributed by atoms with E-state index in [2.05, 4.69) is 19.9 Å². The first-order valence-corrected chi connectivity index (χ1v) is 11.9. The smallest absolute Gasteiger partial charge is 0.305 e. The molecule has 0 bridgehead atoms. The Kier molecular flexibility index (Phi) is 5.59. The normalized spacial score (nSPS) is 43.4. The molecule has 162 valence electrons. The lowest BCUT2D eigenvalue weighted by Gasteiger charge is -2.57. The third kappa shape index (κ3) is 3.45. The summed E-state index contributed by atoms with van der Waals surface area (Å²) < 4.78 is 11.6. The van der Waals surface area contributed by atoms with Gasteiger partial charge in [0.25, 0.3) is 0 Å². The molecular formula is C25H38O4. The molecule has 4 nitrogen and oxygen atoms in total. The minimum atomic E-state index is -0.0695. The van der Waals surface area contributed by atoms with Crippen molar-refractivity contribution in [2.75, 3.05) is 0 Å². The Morgan fingerprint density at radius 2 is 1.69 bits per heavy atom. The van der Waals surface area contributed by atoms with Crippen molar-refractivity contribution in [2.45, 2.75) is 104 Å². The quantitative estimate of drug-likeness (QED) is 0.454. The molecule has 4 rings (SSSR count). The van der Waals surface area contributed by atoms with Gasteiger partial charge in [-0.3, -0.25) is 9.59 Å². The van der Waals surface area contributed by atoms with Crippen molar-refractivity contribution in [1.29, 1.82) is 0 Å². The van der Waals surface area contributed by atoms with E-state index >= 15 is 0 Å². The molecule has 0 saturated heterocycles. The summed E-state index contributed by atoms with van der Waals surface area (Å²) in [6, 6.07) is 0. The maximum absolute atomic E-state index is 12.0. The lowest BCUT2D eigenvalue weighted by atomic mass is 9.48. The molecule has 0 aromatic rings. The molecule has 0 spiro atoms. The zero-order valence-electron chi connectivity index (χ0n) is 18.7. The van der Waals surface area contributed by atoms with Crippen LogP contribution in [-0.2, 0) is 19.1 Å². The Morgan fingerprint density at radius 3 is 2.41 bits per heavy atom. The number of rotatable bonds is 4. The number of hydrogen-bond donors (Lipinski definition) is 0.